The quantitative estimate of drug-likeness (QED) is 0.592. The van der Waals surface area contributed by atoms with Crippen LogP contribution in [0.15, 0.2) is 0 Å². The van der Waals surface area contributed by atoms with Gasteiger partial charge in [0.25, 0.3) is 0 Å². The van der Waals surface area contributed by atoms with E-state index in [2.05, 4.69) is 0 Å². The van der Waals surface area contributed by atoms with Crippen molar-refractivity contribution in [1.29, 1.82) is 0 Å². The van der Waals surface area contributed by atoms with Crippen LogP contribution in [0.1, 0.15) is 39.2 Å². The third-order valence-corrected chi connectivity index (χ3v) is 0.870. The number of hydrogen-bond acceptors (Lipinski definition) is 2. The number of carboxylic acid groups (broad SMARTS) is 2. The molecule has 7 heteroatoms. The number of carbonyl (C=O) groups is 2. The van der Waals surface area contributed by atoms with Gasteiger partial charge in [-0.3, -0.25) is 0 Å². The SMILES string of the molecule is O=C(O)C(=O)O.[2H]C1([2H])C([2H])([2H])C([2H])([2H])[C@@]([2H])([NH-])[C@]([2H])([NH-])C1([2H])[2H].[Pt+2]. The van der Waals surface area contributed by atoms with Crippen molar-refractivity contribution in [3.8, 4) is 0 Å². The summed E-state index contributed by atoms with van der Waals surface area (Å²) in [6.07, 6.45) is -14.1. The summed E-state index contributed by atoms with van der Waals surface area (Å²) in [6.45, 7) is 0. The first-order chi connectivity index (χ1) is 10.1. The first-order valence-electron chi connectivity index (χ1n) is 8.11. The fourth-order valence-electron chi connectivity index (χ4n) is 0.312. The van der Waals surface area contributed by atoms with Crippen LogP contribution < -0.4 is 0 Å². The Morgan fingerprint density at radius 2 is 1.40 bits per heavy atom. The van der Waals surface area contributed by atoms with Crippen molar-refractivity contribution in [2.45, 2.75) is 37.5 Å². The fourth-order valence-corrected chi connectivity index (χ4v) is 0.312. The monoisotopic (exact) mass is 407 g/mol. The summed E-state index contributed by atoms with van der Waals surface area (Å²) >= 11 is 0. The normalized spacial score (nSPS) is 57.2. The molecule has 2 atom stereocenters. The van der Waals surface area contributed by atoms with Crippen molar-refractivity contribution < 1.29 is 54.6 Å². The smallest absolute Gasteiger partial charge is 0.676 e. The van der Waals surface area contributed by atoms with Crippen LogP contribution >= 0.6 is 0 Å². The number of nitrogens with one attached hydrogen (secondary N) is 2. The maximum Gasteiger partial charge on any atom is 2.00 e. The zero-order valence-electron chi connectivity index (χ0n) is 17.0. The number of rotatable bonds is 0. The summed E-state index contributed by atoms with van der Waals surface area (Å²) in [5, 5.41) is 14.8. The number of aliphatic carboxylic acids is 2. The Kier molecular flexibility index (Phi) is 3.09. The van der Waals surface area contributed by atoms with Crippen LogP contribution in [-0.4, -0.2) is 34.2 Å². The van der Waals surface area contributed by atoms with E-state index in [9.17, 15) is 0 Å². The molecular formula is C8H14N2O4Pt. The van der Waals surface area contributed by atoms with E-state index in [0.29, 0.717) is 0 Å². The molecule has 0 aliphatic heterocycles. The molecule has 15 heavy (non-hydrogen) atoms. The zero-order valence-corrected chi connectivity index (χ0v) is 9.30. The van der Waals surface area contributed by atoms with E-state index < -0.39 is 49.5 Å². The summed E-state index contributed by atoms with van der Waals surface area (Å²) < 4.78 is 73.9. The fraction of sp³-hybridized carbons (Fsp3) is 0.750. The van der Waals surface area contributed by atoms with Crippen molar-refractivity contribution in [3.05, 3.63) is 11.5 Å². The van der Waals surface area contributed by atoms with Gasteiger partial charge in [0.15, 0.2) is 0 Å². The third kappa shape index (κ3) is 8.54. The van der Waals surface area contributed by atoms with Crippen molar-refractivity contribution >= 4 is 11.9 Å². The van der Waals surface area contributed by atoms with Gasteiger partial charge in [0, 0.05) is 13.7 Å². The molecule has 4 N–H and O–H groups in total. The second kappa shape index (κ2) is 8.82. The number of carboxylic acids is 2. The second-order valence-electron chi connectivity index (χ2n) is 1.86. The molecule has 0 amide bonds. The van der Waals surface area contributed by atoms with Crippen molar-refractivity contribution in [2.24, 2.45) is 0 Å². The van der Waals surface area contributed by atoms with E-state index in [1.807, 2.05) is 0 Å². The third-order valence-electron chi connectivity index (χ3n) is 0.870. The topological polar surface area (TPSA) is 122 Å². The van der Waals surface area contributed by atoms with Crippen LogP contribution in [0.3, 0.4) is 0 Å². The maximum absolute atomic E-state index is 9.10. The summed E-state index contributed by atoms with van der Waals surface area (Å²) in [4.78, 5) is 18.2. The van der Waals surface area contributed by atoms with Crippen molar-refractivity contribution in [3.63, 3.8) is 0 Å². The molecule has 0 radical (unpaired) electrons. The van der Waals surface area contributed by atoms with E-state index in [1.54, 1.807) is 0 Å². The van der Waals surface area contributed by atoms with Crippen LogP contribution in [-0.2, 0) is 30.7 Å². The molecule has 1 aliphatic carbocycles. The Bertz CT molecular complexity index is 424. The van der Waals surface area contributed by atoms with Gasteiger partial charge in [-0.2, -0.15) is 12.0 Å². The molecular weight excluding hydrogens is 383 g/mol. The Balaban J connectivity index is 0. The van der Waals surface area contributed by atoms with E-state index in [-0.39, 0.29) is 21.1 Å². The van der Waals surface area contributed by atoms with Gasteiger partial charge in [0.1, 0.15) is 0 Å². The molecule has 1 aliphatic rings. The Morgan fingerprint density at radius 1 is 1.13 bits per heavy atom. The van der Waals surface area contributed by atoms with Crippen LogP contribution in [0, 0.1) is 0 Å². The minimum atomic E-state index is -3.53. The molecule has 0 aromatic carbocycles. The predicted octanol–water partition coefficient (Wildman–Crippen LogP) is 1.56. The van der Waals surface area contributed by atoms with Gasteiger partial charge in [-0.1, -0.05) is 25.5 Å². The van der Waals surface area contributed by atoms with E-state index in [4.69, 9.17) is 45.0 Å². The average molecular weight is 407 g/mol. The molecule has 0 aromatic heterocycles. The van der Waals surface area contributed by atoms with Gasteiger partial charge in [-0.25, -0.2) is 9.59 Å². The van der Waals surface area contributed by atoms with Crippen molar-refractivity contribution in [2.75, 3.05) is 0 Å². The molecule has 1 rings (SSSR count). The van der Waals surface area contributed by atoms with Gasteiger partial charge in [-0.15, -0.1) is 0 Å². The van der Waals surface area contributed by atoms with Gasteiger partial charge >= 0.3 is 33.0 Å². The Morgan fingerprint density at radius 3 is 1.60 bits per heavy atom. The molecule has 0 saturated heterocycles. The second-order valence-corrected chi connectivity index (χ2v) is 1.86. The Labute approximate surface area is 116 Å². The van der Waals surface area contributed by atoms with E-state index in [0.717, 1.165) is 0 Å². The largest absolute Gasteiger partial charge is 2.00 e. The van der Waals surface area contributed by atoms with Gasteiger partial charge in [0.05, 0.1) is 0 Å². The van der Waals surface area contributed by atoms with E-state index in [1.165, 1.54) is 0 Å². The summed E-state index contributed by atoms with van der Waals surface area (Å²) in [7, 11) is 0. The molecule has 90 valence electrons. The van der Waals surface area contributed by atoms with Crippen molar-refractivity contribution in [1.82, 2.24) is 0 Å². The van der Waals surface area contributed by atoms with Crippen LogP contribution in [0.2, 0.25) is 0 Å². The Hall–Kier alpha value is -0.452. The van der Waals surface area contributed by atoms with Crippen LogP contribution in [0.25, 0.3) is 11.5 Å². The molecule has 0 spiro atoms. The summed E-state index contributed by atoms with van der Waals surface area (Å²) in [5.41, 5.74) is 14.8. The molecule has 0 bridgehead atoms. The predicted molar refractivity (Wildman–Crippen MR) is 50.0 cm³/mol. The number of hydrogen-bond donors (Lipinski definition) is 2. The van der Waals surface area contributed by atoms with Gasteiger partial charge < -0.3 is 21.7 Å². The summed E-state index contributed by atoms with van der Waals surface area (Å²) in [5.74, 6) is -3.65. The van der Waals surface area contributed by atoms with Crippen LogP contribution in [0.4, 0.5) is 0 Å². The standard InChI is InChI=1S/C6H12N2.C2H2O4.Pt/c7-5-3-1-2-4-6(5)8;3-1(4)2(5)6;/h5-8H,1-4H2;(H,3,4)(H,5,6);/q-2;;+2/t5-,6-;;/m1../s1/i1D2,2D2,3D2,4D2,5D,6D;;. The average Bonchev–Trinajstić information content (AvgIpc) is 2.36. The van der Waals surface area contributed by atoms with E-state index >= 15 is 0 Å². The molecule has 0 heterocycles. The minimum absolute atomic E-state index is 0. The summed E-state index contributed by atoms with van der Waals surface area (Å²) in [6, 6.07) is -7.06. The maximum atomic E-state index is 9.10. The first-order valence-corrected chi connectivity index (χ1v) is 3.11. The molecule has 0 unspecified atom stereocenters. The molecule has 1 fully saturated rings. The molecule has 6 nitrogen and oxygen atoms in total. The van der Waals surface area contributed by atoms with Crippen LogP contribution in [0.5, 0.6) is 0 Å². The van der Waals surface area contributed by atoms with Gasteiger partial charge in [0.2, 0.25) is 0 Å². The molecule has 0 aromatic rings. The minimum Gasteiger partial charge on any atom is -0.676 e. The van der Waals surface area contributed by atoms with Gasteiger partial charge in [-0.05, 0) is 0 Å². The first kappa shape index (κ1) is 5.25. The molecule has 1 saturated carbocycles. The zero-order chi connectivity index (χ0) is 20.2.